The molecule has 2 rings (SSSR count). The van der Waals surface area contributed by atoms with Gasteiger partial charge in [0.2, 0.25) is 11.9 Å². The third-order valence-electron chi connectivity index (χ3n) is 3.25. The van der Waals surface area contributed by atoms with Crippen LogP contribution in [-0.4, -0.2) is 42.2 Å². The van der Waals surface area contributed by atoms with Gasteiger partial charge >= 0.3 is 6.01 Å². The summed E-state index contributed by atoms with van der Waals surface area (Å²) in [7, 11) is 3.58. The molecule has 1 N–H and O–H groups in total. The van der Waals surface area contributed by atoms with Crippen LogP contribution >= 0.6 is 0 Å². The molecule has 2 unspecified atom stereocenters. The van der Waals surface area contributed by atoms with Crippen LogP contribution in [0, 0.1) is 11.8 Å². The minimum atomic E-state index is 0.353. The van der Waals surface area contributed by atoms with Crippen molar-refractivity contribution >= 4 is 11.9 Å². The number of rotatable bonds is 6. The molecular formula is C12H21N5O. The van der Waals surface area contributed by atoms with E-state index in [0.29, 0.717) is 17.9 Å². The first-order chi connectivity index (χ1) is 8.63. The van der Waals surface area contributed by atoms with Gasteiger partial charge in [-0.1, -0.05) is 6.92 Å². The average molecular weight is 251 g/mol. The molecule has 1 aromatic heterocycles. The first kappa shape index (κ1) is 12.9. The maximum Gasteiger partial charge on any atom is 0.322 e. The summed E-state index contributed by atoms with van der Waals surface area (Å²) in [5.41, 5.74) is 0. The van der Waals surface area contributed by atoms with Gasteiger partial charge in [-0.05, 0) is 25.2 Å². The maximum absolute atomic E-state index is 5.10. The summed E-state index contributed by atoms with van der Waals surface area (Å²) in [5.74, 6) is 2.82. The molecule has 18 heavy (non-hydrogen) atoms. The summed E-state index contributed by atoms with van der Waals surface area (Å²) in [6.45, 7) is 6.04. The monoisotopic (exact) mass is 251 g/mol. The van der Waals surface area contributed by atoms with Crippen LogP contribution < -0.4 is 15.0 Å². The molecule has 6 nitrogen and oxygen atoms in total. The molecule has 100 valence electrons. The minimum Gasteiger partial charge on any atom is -0.467 e. The Morgan fingerprint density at radius 3 is 2.67 bits per heavy atom. The van der Waals surface area contributed by atoms with Crippen molar-refractivity contribution in [2.24, 2.45) is 11.8 Å². The van der Waals surface area contributed by atoms with Gasteiger partial charge in [0.05, 0.1) is 7.11 Å². The Balaban J connectivity index is 2.11. The second kappa shape index (κ2) is 5.37. The molecule has 0 aromatic carbocycles. The van der Waals surface area contributed by atoms with Crippen molar-refractivity contribution < 1.29 is 4.74 Å². The third kappa shape index (κ3) is 3.00. The largest absolute Gasteiger partial charge is 0.467 e. The number of methoxy groups -OCH3 is 1. The number of hydrogen-bond donors (Lipinski definition) is 1. The Labute approximate surface area is 108 Å². The number of aromatic nitrogens is 3. The molecule has 0 radical (unpaired) electrons. The average Bonchev–Trinajstić information content (AvgIpc) is 3.04. The van der Waals surface area contributed by atoms with Gasteiger partial charge in [0.25, 0.3) is 0 Å². The van der Waals surface area contributed by atoms with Gasteiger partial charge in [-0.15, -0.1) is 0 Å². The van der Waals surface area contributed by atoms with Crippen molar-refractivity contribution in [2.75, 3.05) is 37.5 Å². The number of anilines is 2. The summed E-state index contributed by atoms with van der Waals surface area (Å²) in [6.07, 6.45) is 1.30. The van der Waals surface area contributed by atoms with E-state index in [4.69, 9.17) is 4.74 Å². The van der Waals surface area contributed by atoms with Gasteiger partial charge in [0.15, 0.2) is 0 Å². The lowest BCUT2D eigenvalue weighted by atomic mass is 10.3. The molecule has 1 fully saturated rings. The van der Waals surface area contributed by atoms with Crippen LogP contribution in [0.2, 0.25) is 0 Å². The first-order valence-electron chi connectivity index (χ1n) is 6.39. The number of ether oxygens (including phenoxy) is 1. The van der Waals surface area contributed by atoms with E-state index in [1.54, 1.807) is 7.11 Å². The van der Waals surface area contributed by atoms with Crippen molar-refractivity contribution in [3.8, 4) is 6.01 Å². The van der Waals surface area contributed by atoms with E-state index < -0.39 is 0 Å². The van der Waals surface area contributed by atoms with Crippen LogP contribution in [0.3, 0.4) is 0 Å². The SMILES string of the molecule is CCNc1nc(OC)nc(N(C)CC2CC2C)n1. The number of nitrogens with zero attached hydrogens (tertiary/aromatic N) is 4. The van der Waals surface area contributed by atoms with Crippen molar-refractivity contribution in [1.82, 2.24) is 15.0 Å². The topological polar surface area (TPSA) is 63.2 Å². The van der Waals surface area contributed by atoms with Crippen molar-refractivity contribution in [3.05, 3.63) is 0 Å². The zero-order valence-electron chi connectivity index (χ0n) is 11.5. The second-order valence-corrected chi connectivity index (χ2v) is 4.83. The van der Waals surface area contributed by atoms with E-state index in [1.807, 2.05) is 14.0 Å². The molecular weight excluding hydrogens is 230 g/mol. The summed E-state index contributed by atoms with van der Waals surface area (Å²) >= 11 is 0. The van der Waals surface area contributed by atoms with E-state index in [2.05, 4.69) is 32.1 Å². The molecule has 6 heteroatoms. The smallest absolute Gasteiger partial charge is 0.322 e. The zero-order chi connectivity index (χ0) is 13.1. The predicted octanol–water partition coefficient (Wildman–Crippen LogP) is 1.40. The number of hydrogen-bond acceptors (Lipinski definition) is 6. The highest BCUT2D eigenvalue weighted by atomic mass is 16.5. The van der Waals surface area contributed by atoms with E-state index >= 15 is 0 Å². The van der Waals surface area contributed by atoms with Crippen molar-refractivity contribution in [2.45, 2.75) is 20.3 Å². The molecule has 1 aliphatic carbocycles. The van der Waals surface area contributed by atoms with Crippen LogP contribution in [0.5, 0.6) is 6.01 Å². The maximum atomic E-state index is 5.10. The summed E-state index contributed by atoms with van der Waals surface area (Å²) < 4.78 is 5.10. The molecule has 0 amide bonds. The van der Waals surface area contributed by atoms with E-state index in [1.165, 1.54) is 6.42 Å². The van der Waals surface area contributed by atoms with Crippen LogP contribution in [0.1, 0.15) is 20.3 Å². The van der Waals surface area contributed by atoms with Crippen molar-refractivity contribution in [1.29, 1.82) is 0 Å². The first-order valence-corrected chi connectivity index (χ1v) is 6.39. The van der Waals surface area contributed by atoms with Gasteiger partial charge < -0.3 is 15.0 Å². The second-order valence-electron chi connectivity index (χ2n) is 4.83. The van der Waals surface area contributed by atoms with E-state index in [-0.39, 0.29) is 0 Å². The van der Waals surface area contributed by atoms with Crippen molar-refractivity contribution in [3.63, 3.8) is 0 Å². The molecule has 0 aliphatic heterocycles. The van der Waals surface area contributed by atoms with Gasteiger partial charge in [-0.25, -0.2) is 0 Å². The predicted molar refractivity (Wildman–Crippen MR) is 71.1 cm³/mol. The van der Waals surface area contributed by atoms with E-state index in [9.17, 15) is 0 Å². The molecule has 2 atom stereocenters. The van der Waals surface area contributed by atoms with Gasteiger partial charge in [0.1, 0.15) is 0 Å². The van der Waals surface area contributed by atoms with Crippen LogP contribution in [-0.2, 0) is 0 Å². The number of nitrogens with one attached hydrogen (secondary N) is 1. The molecule has 0 spiro atoms. The Kier molecular flexibility index (Phi) is 3.84. The third-order valence-corrected chi connectivity index (χ3v) is 3.25. The lowest BCUT2D eigenvalue weighted by molar-refractivity contribution is 0.378. The normalized spacial score (nSPS) is 21.6. The highest BCUT2D eigenvalue weighted by molar-refractivity contribution is 5.37. The molecule has 0 bridgehead atoms. The Hall–Kier alpha value is -1.59. The lowest BCUT2D eigenvalue weighted by Crippen LogP contribution is -2.24. The molecule has 1 heterocycles. The fraction of sp³-hybridized carbons (Fsp3) is 0.750. The van der Waals surface area contributed by atoms with Crippen LogP contribution in [0.4, 0.5) is 11.9 Å². The minimum absolute atomic E-state index is 0.353. The van der Waals surface area contributed by atoms with Gasteiger partial charge in [-0.3, -0.25) is 0 Å². The Morgan fingerprint density at radius 2 is 2.11 bits per heavy atom. The summed E-state index contributed by atoms with van der Waals surface area (Å²) in [6, 6.07) is 0.353. The summed E-state index contributed by atoms with van der Waals surface area (Å²) in [5, 5.41) is 3.09. The zero-order valence-corrected chi connectivity index (χ0v) is 11.5. The molecule has 1 aliphatic rings. The lowest BCUT2D eigenvalue weighted by Gasteiger charge is -2.17. The molecule has 0 saturated heterocycles. The Morgan fingerprint density at radius 1 is 1.39 bits per heavy atom. The highest BCUT2D eigenvalue weighted by Crippen LogP contribution is 2.38. The quantitative estimate of drug-likeness (QED) is 0.824. The Bertz CT molecular complexity index is 411. The standard InChI is InChI=1S/C12H21N5O/c1-5-13-10-14-11(16-12(15-10)18-4)17(3)7-9-6-8(9)2/h8-9H,5-7H2,1-4H3,(H,13,14,15,16). The van der Waals surface area contributed by atoms with Gasteiger partial charge in [-0.2, -0.15) is 15.0 Å². The van der Waals surface area contributed by atoms with Crippen LogP contribution in [0.15, 0.2) is 0 Å². The highest BCUT2D eigenvalue weighted by Gasteiger charge is 2.33. The summed E-state index contributed by atoms with van der Waals surface area (Å²) in [4.78, 5) is 14.9. The van der Waals surface area contributed by atoms with Gasteiger partial charge in [0, 0.05) is 20.1 Å². The molecule has 1 aromatic rings. The fourth-order valence-corrected chi connectivity index (χ4v) is 1.93. The fourth-order valence-electron chi connectivity index (χ4n) is 1.93. The van der Waals surface area contributed by atoms with E-state index in [0.717, 1.165) is 24.9 Å². The molecule has 1 saturated carbocycles. The van der Waals surface area contributed by atoms with Crippen LogP contribution in [0.25, 0.3) is 0 Å².